The summed E-state index contributed by atoms with van der Waals surface area (Å²) in [5, 5.41) is 8.21. The van der Waals surface area contributed by atoms with Gasteiger partial charge in [-0.15, -0.1) is 11.8 Å². The van der Waals surface area contributed by atoms with Crippen molar-refractivity contribution < 1.29 is 9.50 Å². The lowest BCUT2D eigenvalue weighted by molar-refractivity contribution is 0.277. The molecular formula is C24H31FOS. The Balaban J connectivity index is 0.000000364. The molecule has 0 aromatic heterocycles. The van der Waals surface area contributed by atoms with E-state index in [1.54, 1.807) is 17.8 Å². The average Bonchev–Trinajstić information content (AvgIpc) is 3.56. The second-order valence-corrected chi connectivity index (χ2v) is 8.76. The molecule has 0 spiro atoms. The number of aliphatic hydroxyl groups is 1. The lowest BCUT2D eigenvalue weighted by Gasteiger charge is -2.29. The van der Waals surface area contributed by atoms with Gasteiger partial charge in [0.25, 0.3) is 0 Å². The van der Waals surface area contributed by atoms with Crippen LogP contribution < -0.4 is 0 Å². The monoisotopic (exact) mass is 386 g/mol. The number of rotatable bonds is 4. The van der Waals surface area contributed by atoms with Crippen molar-refractivity contribution in [1.82, 2.24) is 0 Å². The van der Waals surface area contributed by atoms with Crippen LogP contribution in [0.2, 0.25) is 0 Å². The second kappa shape index (κ2) is 9.75. The molecule has 2 fully saturated rings. The fourth-order valence-corrected chi connectivity index (χ4v) is 4.56. The van der Waals surface area contributed by atoms with Gasteiger partial charge in [-0.1, -0.05) is 30.3 Å². The van der Waals surface area contributed by atoms with Gasteiger partial charge in [0.2, 0.25) is 0 Å². The Labute approximate surface area is 167 Å². The third kappa shape index (κ3) is 5.58. The first-order valence-electron chi connectivity index (χ1n) is 10.1. The van der Waals surface area contributed by atoms with Gasteiger partial charge in [-0.3, -0.25) is 0 Å². The van der Waals surface area contributed by atoms with Crippen LogP contribution in [-0.2, 0) is 0 Å². The lowest BCUT2D eigenvalue weighted by atomic mass is 9.76. The Hall–Kier alpha value is -1.32. The molecule has 0 amide bonds. The predicted octanol–water partition coefficient (Wildman–Crippen LogP) is 6.69. The molecule has 146 valence electrons. The summed E-state index contributed by atoms with van der Waals surface area (Å²) >= 11 is 1.65. The first-order valence-corrected chi connectivity index (χ1v) is 11.3. The van der Waals surface area contributed by atoms with Gasteiger partial charge in [0.05, 0.1) is 0 Å². The lowest BCUT2D eigenvalue weighted by Crippen LogP contribution is -2.12. The van der Waals surface area contributed by atoms with E-state index in [1.807, 2.05) is 13.2 Å². The number of thioether (sulfide) groups is 1. The fraction of sp³-hybridized carbons (Fsp3) is 0.500. The van der Waals surface area contributed by atoms with Crippen molar-refractivity contribution >= 4 is 11.8 Å². The number of hydrogen-bond donors (Lipinski definition) is 1. The van der Waals surface area contributed by atoms with Crippen LogP contribution in [0.15, 0.2) is 47.4 Å². The molecule has 3 heteroatoms. The zero-order valence-corrected chi connectivity index (χ0v) is 17.3. The molecule has 2 aliphatic rings. The molecule has 4 rings (SSSR count). The van der Waals surface area contributed by atoms with Gasteiger partial charge in [0, 0.05) is 11.5 Å². The van der Waals surface area contributed by atoms with E-state index in [2.05, 4.69) is 36.4 Å². The molecule has 2 aliphatic carbocycles. The molecule has 0 atom stereocenters. The zero-order valence-electron chi connectivity index (χ0n) is 16.5. The minimum Gasteiger partial charge on any atom is -0.396 e. The Bertz CT molecular complexity index is 719. The SMILES string of the molecule is CSc1cc(C2CCC(c3ccccc3)CC2)cc(F)c1C.OCC1CC1. The van der Waals surface area contributed by atoms with Gasteiger partial charge in [-0.05, 0) is 98.3 Å². The molecule has 0 unspecified atom stereocenters. The maximum Gasteiger partial charge on any atom is 0.127 e. The largest absolute Gasteiger partial charge is 0.396 e. The molecule has 27 heavy (non-hydrogen) atoms. The highest BCUT2D eigenvalue weighted by atomic mass is 32.2. The van der Waals surface area contributed by atoms with Crippen LogP contribution in [0.5, 0.6) is 0 Å². The van der Waals surface area contributed by atoms with Gasteiger partial charge in [-0.25, -0.2) is 4.39 Å². The minimum atomic E-state index is -0.0490. The molecule has 0 saturated heterocycles. The smallest absolute Gasteiger partial charge is 0.127 e. The van der Waals surface area contributed by atoms with E-state index in [-0.39, 0.29) is 5.82 Å². The van der Waals surface area contributed by atoms with E-state index in [0.29, 0.717) is 24.4 Å². The number of halogens is 1. The minimum absolute atomic E-state index is 0.0490. The Morgan fingerprint density at radius 1 is 0.926 bits per heavy atom. The third-order valence-corrected chi connectivity index (χ3v) is 6.83. The fourth-order valence-electron chi connectivity index (χ4n) is 3.91. The predicted molar refractivity (Wildman–Crippen MR) is 113 cm³/mol. The van der Waals surface area contributed by atoms with Crippen LogP contribution >= 0.6 is 11.8 Å². The van der Waals surface area contributed by atoms with Crippen LogP contribution in [0.3, 0.4) is 0 Å². The molecule has 1 nitrogen and oxygen atoms in total. The summed E-state index contributed by atoms with van der Waals surface area (Å²) in [6, 6.07) is 14.8. The highest BCUT2D eigenvalue weighted by molar-refractivity contribution is 7.98. The van der Waals surface area contributed by atoms with E-state index in [0.717, 1.165) is 23.3 Å². The molecule has 1 N–H and O–H groups in total. The molecule has 2 aromatic carbocycles. The van der Waals surface area contributed by atoms with E-state index in [9.17, 15) is 4.39 Å². The van der Waals surface area contributed by atoms with Gasteiger partial charge in [-0.2, -0.15) is 0 Å². The Morgan fingerprint density at radius 2 is 1.52 bits per heavy atom. The van der Waals surface area contributed by atoms with E-state index >= 15 is 0 Å². The Morgan fingerprint density at radius 3 is 2.00 bits per heavy atom. The standard InChI is InChI=1S/C20H23FS.C4H8O/c1-14-19(21)12-18(13-20(14)22-2)17-10-8-16(9-11-17)15-6-4-3-5-7-15;5-3-4-1-2-4/h3-7,12-13,16-17H,8-11H2,1-2H3;4-5H,1-3H2. The summed E-state index contributed by atoms with van der Waals surface area (Å²) in [6.45, 7) is 2.29. The highest BCUT2D eigenvalue weighted by Crippen LogP contribution is 2.41. The third-order valence-electron chi connectivity index (χ3n) is 5.96. The number of benzene rings is 2. The molecule has 2 aromatic rings. The molecule has 0 heterocycles. The van der Waals surface area contributed by atoms with Gasteiger partial charge >= 0.3 is 0 Å². The molecule has 2 saturated carbocycles. The number of hydrogen-bond acceptors (Lipinski definition) is 2. The Kier molecular flexibility index (Phi) is 7.37. The summed E-state index contributed by atoms with van der Waals surface area (Å²) < 4.78 is 14.1. The topological polar surface area (TPSA) is 20.2 Å². The van der Waals surface area contributed by atoms with Crippen LogP contribution in [0, 0.1) is 18.7 Å². The van der Waals surface area contributed by atoms with Gasteiger partial charge in [0.15, 0.2) is 0 Å². The van der Waals surface area contributed by atoms with Crippen molar-refractivity contribution in [2.24, 2.45) is 5.92 Å². The zero-order chi connectivity index (χ0) is 19.2. The maximum atomic E-state index is 14.1. The van der Waals surface area contributed by atoms with Crippen molar-refractivity contribution in [1.29, 1.82) is 0 Å². The highest BCUT2D eigenvalue weighted by Gasteiger charge is 2.24. The summed E-state index contributed by atoms with van der Waals surface area (Å²) in [7, 11) is 0. The average molecular weight is 387 g/mol. The summed E-state index contributed by atoms with van der Waals surface area (Å²) in [5.41, 5.74) is 3.44. The van der Waals surface area contributed by atoms with Crippen LogP contribution in [0.4, 0.5) is 4.39 Å². The van der Waals surface area contributed by atoms with Crippen LogP contribution in [0.25, 0.3) is 0 Å². The van der Waals surface area contributed by atoms with E-state index in [1.165, 1.54) is 36.8 Å². The molecule has 0 bridgehead atoms. The van der Waals surface area contributed by atoms with E-state index in [4.69, 9.17) is 5.11 Å². The molecular weight excluding hydrogens is 355 g/mol. The maximum absolute atomic E-state index is 14.1. The first-order chi connectivity index (χ1) is 13.1. The number of aliphatic hydroxyl groups excluding tert-OH is 1. The summed E-state index contributed by atoms with van der Waals surface area (Å²) in [5.74, 6) is 1.83. The van der Waals surface area contributed by atoms with Crippen LogP contribution in [0.1, 0.15) is 67.1 Å². The van der Waals surface area contributed by atoms with Crippen molar-refractivity contribution in [3.05, 3.63) is 65.0 Å². The second-order valence-electron chi connectivity index (χ2n) is 7.92. The molecule has 0 aliphatic heterocycles. The van der Waals surface area contributed by atoms with Crippen molar-refractivity contribution in [3.8, 4) is 0 Å². The van der Waals surface area contributed by atoms with Gasteiger partial charge in [0.1, 0.15) is 5.82 Å². The quantitative estimate of drug-likeness (QED) is 0.591. The normalized spacial score (nSPS) is 22.1. The first kappa shape index (κ1) is 20.4. The molecule has 0 radical (unpaired) electrons. The van der Waals surface area contributed by atoms with Crippen molar-refractivity contribution in [2.45, 2.75) is 62.2 Å². The summed E-state index contributed by atoms with van der Waals surface area (Å²) in [4.78, 5) is 1.08. The van der Waals surface area contributed by atoms with Gasteiger partial charge < -0.3 is 5.11 Å². The van der Waals surface area contributed by atoms with Crippen LogP contribution in [-0.4, -0.2) is 18.0 Å². The van der Waals surface area contributed by atoms with Crippen molar-refractivity contribution in [3.63, 3.8) is 0 Å². The van der Waals surface area contributed by atoms with E-state index < -0.39 is 0 Å². The van der Waals surface area contributed by atoms with Crippen molar-refractivity contribution in [2.75, 3.05) is 12.9 Å². The summed E-state index contributed by atoms with van der Waals surface area (Å²) in [6.07, 6.45) is 9.29.